The Morgan fingerprint density at radius 3 is 2.15 bits per heavy atom. The van der Waals surface area contributed by atoms with Crippen molar-refractivity contribution < 1.29 is 0 Å². The van der Waals surface area contributed by atoms with Crippen molar-refractivity contribution in [2.75, 3.05) is 5.73 Å². The highest BCUT2D eigenvalue weighted by Gasteiger charge is 2.13. The Labute approximate surface area is 90.7 Å². The summed E-state index contributed by atoms with van der Waals surface area (Å²) in [6, 6.07) is 5.79. The molecule has 0 atom stereocenters. The molecule has 1 rings (SSSR count). The zero-order valence-electron chi connectivity index (χ0n) is 8.10. The van der Waals surface area contributed by atoms with E-state index in [0.717, 1.165) is 0 Å². The van der Waals surface area contributed by atoms with E-state index >= 15 is 0 Å². The molecule has 0 heterocycles. The van der Waals surface area contributed by atoms with Crippen LogP contribution in [0.25, 0.3) is 0 Å². The zero-order chi connectivity index (χ0) is 9.35. The Morgan fingerprint density at radius 2 is 1.77 bits per heavy atom. The van der Waals surface area contributed by atoms with E-state index in [2.05, 4.69) is 20.8 Å². The molecule has 0 spiro atoms. The number of hydrogen-bond acceptors (Lipinski definition) is 1. The smallest absolute Gasteiger partial charge is 0.0638 e. The molecular formula is C10H15Cl2N. The molecular weight excluding hydrogens is 205 g/mol. The van der Waals surface area contributed by atoms with Gasteiger partial charge in [-0.05, 0) is 23.1 Å². The van der Waals surface area contributed by atoms with E-state index in [0.29, 0.717) is 10.7 Å². The molecule has 2 N–H and O–H groups in total. The van der Waals surface area contributed by atoms with Crippen LogP contribution in [0, 0.1) is 0 Å². The molecule has 74 valence electrons. The van der Waals surface area contributed by atoms with E-state index in [4.69, 9.17) is 17.3 Å². The van der Waals surface area contributed by atoms with Gasteiger partial charge in [0.25, 0.3) is 0 Å². The molecule has 0 saturated heterocycles. The lowest BCUT2D eigenvalue weighted by Gasteiger charge is -2.19. The van der Waals surface area contributed by atoms with Gasteiger partial charge in [-0.15, -0.1) is 12.4 Å². The Bertz CT molecular complexity index is 289. The van der Waals surface area contributed by atoms with Crippen LogP contribution < -0.4 is 5.73 Å². The van der Waals surface area contributed by atoms with Crippen molar-refractivity contribution >= 4 is 29.7 Å². The highest BCUT2D eigenvalue weighted by Crippen LogP contribution is 2.27. The van der Waals surface area contributed by atoms with Crippen LogP contribution in [0.4, 0.5) is 5.69 Å². The largest absolute Gasteiger partial charge is 0.398 e. The summed E-state index contributed by atoms with van der Waals surface area (Å²) < 4.78 is 0. The quantitative estimate of drug-likeness (QED) is 0.663. The fourth-order valence-corrected chi connectivity index (χ4v) is 1.17. The summed E-state index contributed by atoms with van der Waals surface area (Å²) in [5.74, 6) is 0. The summed E-state index contributed by atoms with van der Waals surface area (Å²) in [6.07, 6.45) is 0. The summed E-state index contributed by atoms with van der Waals surface area (Å²) in [4.78, 5) is 0. The molecule has 1 aromatic rings. The maximum absolute atomic E-state index is 5.89. The molecule has 1 aromatic carbocycles. The van der Waals surface area contributed by atoms with Gasteiger partial charge in [-0.2, -0.15) is 0 Å². The lowest BCUT2D eigenvalue weighted by Crippen LogP contribution is -2.10. The second-order valence-electron chi connectivity index (χ2n) is 3.99. The highest BCUT2D eigenvalue weighted by molar-refractivity contribution is 6.33. The van der Waals surface area contributed by atoms with Crippen molar-refractivity contribution in [1.82, 2.24) is 0 Å². The van der Waals surface area contributed by atoms with Crippen molar-refractivity contribution in [2.24, 2.45) is 0 Å². The van der Waals surface area contributed by atoms with Gasteiger partial charge in [-0.1, -0.05) is 38.4 Å². The molecule has 0 fully saturated rings. The third kappa shape index (κ3) is 3.09. The predicted octanol–water partition coefficient (Wildman–Crippen LogP) is 3.64. The second-order valence-corrected chi connectivity index (χ2v) is 4.39. The van der Waals surface area contributed by atoms with Gasteiger partial charge < -0.3 is 5.73 Å². The minimum Gasteiger partial charge on any atom is -0.398 e. The number of nitrogens with two attached hydrogens (primary N) is 1. The maximum Gasteiger partial charge on any atom is 0.0638 e. The number of rotatable bonds is 0. The van der Waals surface area contributed by atoms with Gasteiger partial charge >= 0.3 is 0 Å². The number of anilines is 1. The first-order valence-corrected chi connectivity index (χ1v) is 4.34. The summed E-state index contributed by atoms with van der Waals surface area (Å²) in [5, 5.41) is 0.641. The minimum atomic E-state index is 0. The zero-order valence-corrected chi connectivity index (χ0v) is 9.67. The van der Waals surface area contributed by atoms with E-state index in [1.165, 1.54) is 5.56 Å². The summed E-state index contributed by atoms with van der Waals surface area (Å²) in [6.45, 7) is 6.44. The van der Waals surface area contributed by atoms with Crippen molar-refractivity contribution in [3.8, 4) is 0 Å². The van der Waals surface area contributed by atoms with Crippen molar-refractivity contribution in [1.29, 1.82) is 0 Å². The average Bonchev–Trinajstić information content (AvgIpc) is 1.92. The lowest BCUT2D eigenvalue weighted by atomic mass is 9.87. The Kier molecular flexibility index (Phi) is 4.08. The van der Waals surface area contributed by atoms with Crippen LogP contribution in [0.2, 0.25) is 5.02 Å². The molecule has 0 aliphatic carbocycles. The van der Waals surface area contributed by atoms with E-state index in [-0.39, 0.29) is 17.8 Å². The minimum absolute atomic E-state index is 0. The van der Waals surface area contributed by atoms with E-state index < -0.39 is 0 Å². The molecule has 0 saturated carbocycles. The van der Waals surface area contributed by atoms with Crippen LogP contribution >= 0.6 is 24.0 Å². The van der Waals surface area contributed by atoms with Crippen molar-refractivity contribution in [3.63, 3.8) is 0 Å². The standard InChI is InChI=1S/C10H14ClN.ClH/c1-10(2,3)7-4-5-9(12)8(11)6-7;/h4-6H,12H2,1-3H3;1H. The third-order valence-electron chi connectivity index (χ3n) is 1.87. The predicted molar refractivity (Wildman–Crippen MR) is 61.8 cm³/mol. The molecule has 0 aliphatic rings. The first-order valence-electron chi connectivity index (χ1n) is 3.97. The van der Waals surface area contributed by atoms with Gasteiger partial charge in [-0.3, -0.25) is 0 Å². The second kappa shape index (κ2) is 4.21. The fourth-order valence-electron chi connectivity index (χ4n) is 0.994. The van der Waals surface area contributed by atoms with Crippen LogP contribution in [-0.2, 0) is 5.41 Å². The molecule has 0 amide bonds. The molecule has 3 heteroatoms. The van der Waals surface area contributed by atoms with Gasteiger partial charge in [0.05, 0.1) is 10.7 Å². The molecule has 0 aliphatic heterocycles. The maximum atomic E-state index is 5.89. The molecule has 0 bridgehead atoms. The highest BCUT2D eigenvalue weighted by atomic mass is 35.5. The van der Waals surface area contributed by atoms with Gasteiger partial charge in [-0.25, -0.2) is 0 Å². The molecule has 0 unspecified atom stereocenters. The number of hydrogen-bond donors (Lipinski definition) is 1. The summed E-state index contributed by atoms with van der Waals surface area (Å²) in [7, 11) is 0. The van der Waals surface area contributed by atoms with Crippen LogP contribution in [0.5, 0.6) is 0 Å². The summed E-state index contributed by atoms with van der Waals surface area (Å²) in [5.41, 5.74) is 7.59. The van der Waals surface area contributed by atoms with Gasteiger partial charge in [0.1, 0.15) is 0 Å². The number of nitrogen functional groups attached to an aromatic ring is 1. The van der Waals surface area contributed by atoms with Gasteiger partial charge in [0.2, 0.25) is 0 Å². The fraction of sp³-hybridized carbons (Fsp3) is 0.400. The normalized spacial score (nSPS) is 10.8. The number of benzene rings is 1. The van der Waals surface area contributed by atoms with Crippen LogP contribution in [0.1, 0.15) is 26.3 Å². The SMILES string of the molecule is CC(C)(C)c1ccc(N)c(Cl)c1.Cl. The Balaban J connectivity index is 0.00000144. The van der Waals surface area contributed by atoms with Crippen LogP contribution in [0.3, 0.4) is 0 Å². The first-order chi connectivity index (χ1) is 5.41. The Morgan fingerprint density at radius 1 is 1.23 bits per heavy atom. The molecule has 1 nitrogen and oxygen atoms in total. The summed E-state index contributed by atoms with van der Waals surface area (Å²) >= 11 is 5.89. The van der Waals surface area contributed by atoms with Crippen molar-refractivity contribution in [2.45, 2.75) is 26.2 Å². The molecule has 13 heavy (non-hydrogen) atoms. The van der Waals surface area contributed by atoms with E-state index in [9.17, 15) is 0 Å². The first kappa shape index (κ1) is 12.6. The van der Waals surface area contributed by atoms with E-state index in [1.807, 2.05) is 18.2 Å². The molecule has 0 aromatic heterocycles. The Hall–Kier alpha value is -0.400. The number of halogens is 2. The third-order valence-corrected chi connectivity index (χ3v) is 2.19. The topological polar surface area (TPSA) is 26.0 Å². The van der Waals surface area contributed by atoms with Crippen LogP contribution in [0.15, 0.2) is 18.2 Å². The lowest BCUT2D eigenvalue weighted by molar-refractivity contribution is 0.590. The van der Waals surface area contributed by atoms with Gasteiger partial charge in [0.15, 0.2) is 0 Å². The monoisotopic (exact) mass is 219 g/mol. The van der Waals surface area contributed by atoms with Gasteiger partial charge in [0, 0.05) is 0 Å². The van der Waals surface area contributed by atoms with E-state index in [1.54, 1.807) is 0 Å². The van der Waals surface area contributed by atoms with Crippen LogP contribution in [-0.4, -0.2) is 0 Å². The average molecular weight is 220 g/mol. The molecule has 0 radical (unpaired) electrons. The van der Waals surface area contributed by atoms with Crippen molar-refractivity contribution in [3.05, 3.63) is 28.8 Å².